The van der Waals surface area contributed by atoms with Crippen LogP contribution in [0.5, 0.6) is 0 Å². The van der Waals surface area contributed by atoms with Crippen LogP contribution in [0.4, 0.5) is 5.69 Å². The van der Waals surface area contributed by atoms with Crippen molar-refractivity contribution >= 4 is 13.2 Å². The highest BCUT2D eigenvalue weighted by atomic mass is 15.4. The Bertz CT molecular complexity index is 827. The van der Waals surface area contributed by atoms with Crippen molar-refractivity contribution in [2.75, 3.05) is 11.4 Å². The molecule has 128 valence electrons. The maximum Gasteiger partial charge on any atom is 0.325 e. The van der Waals surface area contributed by atoms with E-state index in [1.165, 1.54) is 36.2 Å². The van der Waals surface area contributed by atoms with Gasteiger partial charge < -0.3 is 9.62 Å². The summed E-state index contributed by atoms with van der Waals surface area (Å²) in [6, 6.07) is 33.6. The summed E-state index contributed by atoms with van der Waals surface area (Å²) in [5.41, 5.74) is 3.95. The summed E-state index contributed by atoms with van der Waals surface area (Å²) in [5, 5.41) is 0. The number of benzene rings is 3. The zero-order valence-electron chi connectivity index (χ0n) is 15.0. The Hall–Kier alpha value is -2.52. The fourth-order valence-electron chi connectivity index (χ4n) is 5.08. The van der Waals surface area contributed by atoms with Gasteiger partial charge >= 0.3 is 7.55 Å². The fraction of sp³-hybridized carbons (Fsp3) is 0.217. The van der Waals surface area contributed by atoms with Crippen molar-refractivity contribution in [3.8, 4) is 0 Å². The quantitative estimate of drug-likeness (QED) is 0.661. The van der Waals surface area contributed by atoms with E-state index in [1.807, 2.05) is 0 Å². The summed E-state index contributed by atoms with van der Waals surface area (Å²) < 4.78 is 0. The molecule has 2 nitrogen and oxygen atoms in total. The number of para-hydroxylation sites is 1. The number of nitrogens with zero attached hydrogens (tertiary/aromatic N) is 2. The van der Waals surface area contributed by atoms with Gasteiger partial charge in [0.25, 0.3) is 0 Å². The van der Waals surface area contributed by atoms with Gasteiger partial charge in [-0.05, 0) is 42.6 Å². The van der Waals surface area contributed by atoms with Crippen LogP contribution < -0.4 is 4.81 Å². The first kappa shape index (κ1) is 15.7. The second kappa shape index (κ2) is 6.33. The number of anilines is 1. The predicted molar refractivity (Wildman–Crippen MR) is 109 cm³/mol. The van der Waals surface area contributed by atoms with Gasteiger partial charge in [-0.25, -0.2) is 0 Å². The van der Waals surface area contributed by atoms with E-state index in [0.29, 0.717) is 6.04 Å². The number of fused-ring (bicyclic) bond motifs is 1. The molecule has 3 aromatic carbocycles. The Kier molecular flexibility index (Phi) is 3.83. The van der Waals surface area contributed by atoms with Crippen molar-refractivity contribution in [1.29, 1.82) is 0 Å². The van der Waals surface area contributed by atoms with E-state index in [2.05, 4.69) is 101 Å². The van der Waals surface area contributed by atoms with Gasteiger partial charge in [0.1, 0.15) is 0 Å². The smallest absolute Gasteiger partial charge is 0.325 e. The van der Waals surface area contributed by atoms with Crippen molar-refractivity contribution in [3.05, 3.63) is 102 Å². The van der Waals surface area contributed by atoms with Gasteiger partial charge in [-0.3, -0.25) is 0 Å². The number of rotatable bonds is 3. The van der Waals surface area contributed by atoms with Crippen molar-refractivity contribution in [1.82, 2.24) is 4.81 Å². The molecular formula is C23H23BN2. The average Bonchev–Trinajstić information content (AvgIpc) is 3.30. The average molecular weight is 338 g/mol. The summed E-state index contributed by atoms with van der Waals surface area (Å²) in [6.45, 7) is 1.19. The predicted octanol–water partition coefficient (Wildman–Crippen LogP) is 4.18. The molecule has 0 radical (unpaired) electrons. The third-order valence-corrected chi connectivity index (χ3v) is 6.09. The molecule has 2 heterocycles. The van der Waals surface area contributed by atoms with Crippen LogP contribution in [0, 0.1) is 0 Å². The van der Waals surface area contributed by atoms with Crippen molar-refractivity contribution in [2.24, 2.45) is 0 Å². The Morgan fingerprint density at radius 3 is 1.85 bits per heavy atom. The van der Waals surface area contributed by atoms with Crippen LogP contribution in [-0.4, -0.2) is 24.9 Å². The van der Waals surface area contributed by atoms with Gasteiger partial charge in [0, 0.05) is 11.7 Å². The minimum Gasteiger partial charge on any atom is -0.390 e. The summed E-state index contributed by atoms with van der Waals surface area (Å²) in [5.74, 6) is 0. The first-order valence-corrected chi connectivity index (χ1v) is 9.58. The standard InChI is InChI=1S/C23H23BN2/c1-4-11-19(12-5-1)23(20-13-6-2-7-14-20)22-17-10-18-25(22)24-26(23)21-15-8-3-9-16-21/h1-9,11-16,22,24H,10,17-18H2/t22-/m0/s1. The van der Waals surface area contributed by atoms with Crippen molar-refractivity contribution in [3.63, 3.8) is 0 Å². The molecule has 0 aromatic heterocycles. The molecule has 0 N–H and O–H groups in total. The molecule has 3 aromatic rings. The van der Waals surface area contributed by atoms with Crippen molar-refractivity contribution in [2.45, 2.75) is 24.4 Å². The second-order valence-corrected chi connectivity index (χ2v) is 7.37. The first-order valence-electron chi connectivity index (χ1n) is 9.58. The van der Waals surface area contributed by atoms with Crippen LogP contribution in [0.1, 0.15) is 24.0 Å². The second-order valence-electron chi connectivity index (χ2n) is 7.37. The van der Waals surface area contributed by atoms with E-state index in [4.69, 9.17) is 0 Å². The third-order valence-electron chi connectivity index (χ3n) is 6.09. The van der Waals surface area contributed by atoms with Gasteiger partial charge in [-0.15, -0.1) is 0 Å². The molecule has 2 saturated heterocycles. The molecule has 2 aliphatic rings. The molecule has 26 heavy (non-hydrogen) atoms. The lowest BCUT2D eigenvalue weighted by Crippen LogP contribution is -2.49. The van der Waals surface area contributed by atoms with Crippen LogP contribution in [0.3, 0.4) is 0 Å². The van der Waals surface area contributed by atoms with E-state index in [-0.39, 0.29) is 5.54 Å². The van der Waals surface area contributed by atoms with Crippen LogP contribution in [0.2, 0.25) is 0 Å². The lowest BCUT2D eigenvalue weighted by molar-refractivity contribution is 0.335. The lowest BCUT2D eigenvalue weighted by atomic mass is 9.75. The highest BCUT2D eigenvalue weighted by molar-refractivity contribution is 6.41. The van der Waals surface area contributed by atoms with Gasteiger partial charge in [0.2, 0.25) is 0 Å². The molecule has 5 rings (SSSR count). The Balaban J connectivity index is 1.79. The SMILES string of the molecule is B1N2CCC[C@H]2C(c2ccccc2)(c2ccccc2)N1c1ccccc1. The molecule has 3 heteroatoms. The molecule has 0 spiro atoms. The van der Waals surface area contributed by atoms with E-state index in [1.54, 1.807) is 0 Å². The molecule has 2 aliphatic heterocycles. The molecule has 2 fully saturated rings. The first-order chi connectivity index (χ1) is 12.9. The normalized spacial score (nSPS) is 21.4. The minimum absolute atomic E-state index is 0.139. The molecule has 0 aliphatic carbocycles. The lowest BCUT2D eigenvalue weighted by Gasteiger charge is -2.44. The van der Waals surface area contributed by atoms with Gasteiger partial charge in [0.15, 0.2) is 0 Å². The summed E-state index contributed by atoms with van der Waals surface area (Å²) in [7, 11) is 0.985. The van der Waals surface area contributed by atoms with E-state index in [9.17, 15) is 0 Å². The molecular weight excluding hydrogens is 315 g/mol. The third kappa shape index (κ3) is 2.24. The minimum atomic E-state index is -0.139. The molecule has 0 bridgehead atoms. The summed E-state index contributed by atoms with van der Waals surface area (Å²) >= 11 is 0. The highest BCUT2D eigenvalue weighted by Crippen LogP contribution is 2.50. The van der Waals surface area contributed by atoms with E-state index in [0.717, 1.165) is 7.55 Å². The molecule has 0 saturated carbocycles. The molecule has 1 atom stereocenters. The highest BCUT2D eigenvalue weighted by Gasteiger charge is 2.56. The van der Waals surface area contributed by atoms with Gasteiger partial charge in [-0.2, -0.15) is 0 Å². The zero-order valence-corrected chi connectivity index (χ0v) is 15.0. The Morgan fingerprint density at radius 2 is 1.27 bits per heavy atom. The van der Waals surface area contributed by atoms with E-state index >= 15 is 0 Å². The van der Waals surface area contributed by atoms with Crippen LogP contribution in [0.25, 0.3) is 0 Å². The van der Waals surface area contributed by atoms with Crippen LogP contribution in [-0.2, 0) is 5.54 Å². The summed E-state index contributed by atoms with van der Waals surface area (Å²) in [4.78, 5) is 5.30. The number of hydrogen-bond donors (Lipinski definition) is 0. The molecule has 0 amide bonds. The Morgan fingerprint density at radius 1 is 0.731 bits per heavy atom. The Labute approximate surface area is 156 Å². The fourth-order valence-corrected chi connectivity index (χ4v) is 5.08. The van der Waals surface area contributed by atoms with Crippen molar-refractivity contribution < 1.29 is 0 Å². The van der Waals surface area contributed by atoms with Crippen LogP contribution >= 0.6 is 0 Å². The molecule has 0 unspecified atom stereocenters. The van der Waals surface area contributed by atoms with Gasteiger partial charge in [-0.1, -0.05) is 78.9 Å². The number of hydrogen-bond acceptors (Lipinski definition) is 2. The maximum atomic E-state index is 2.67. The zero-order chi connectivity index (χ0) is 17.4. The summed E-state index contributed by atoms with van der Waals surface area (Å²) in [6.07, 6.45) is 2.53. The van der Waals surface area contributed by atoms with Crippen LogP contribution in [0.15, 0.2) is 91.0 Å². The van der Waals surface area contributed by atoms with E-state index < -0.39 is 0 Å². The van der Waals surface area contributed by atoms with Gasteiger partial charge in [0.05, 0.1) is 5.54 Å². The largest absolute Gasteiger partial charge is 0.390 e. The topological polar surface area (TPSA) is 6.48 Å². The monoisotopic (exact) mass is 338 g/mol. The maximum absolute atomic E-state index is 2.67.